The van der Waals surface area contributed by atoms with Crippen LogP contribution >= 0.6 is 0 Å². The molecule has 8 heteroatoms. The van der Waals surface area contributed by atoms with E-state index in [0.717, 1.165) is 13.1 Å². The summed E-state index contributed by atoms with van der Waals surface area (Å²) in [6.45, 7) is 3.03. The van der Waals surface area contributed by atoms with Gasteiger partial charge >= 0.3 is 0 Å². The van der Waals surface area contributed by atoms with Crippen molar-refractivity contribution in [3.63, 3.8) is 0 Å². The van der Waals surface area contributed by atoms with E-state index < -0.39 is 10.0 Å². The van der Waals surface area contributed by atoms with E-state index in [9.17, 15) is 17.6 Å². The lowest BCUT2D eigenvalue weighted by Gasteiger charge is -2.32. The molecule has 144 valence electrons. The van der Waals surface area contributed by atoms with E-state index in [4.69, 9.17) is 0 Å². The zero-order valence-electron chi connectivity index (χ0n) is 15.1. The van der Waals surface area contributed by atoms with Gasteiger partial charge in [-0.25, -0.2) is 17.5 Å². The molecule has 2 aromatic carbocycles. The largest absolute Gasteiger partial charge is 0.336 e. The molecule has 1 N–H and O–H groups in total. The molecule has 0 radical (unpaired) electrons. The van der Waals surface area contributed by atoms with Crippen molar-refractivity contribution in [2.45, 2.75) is 11.4 Å². The predicted molar refractivity (Wildman–Crippen MR) is 100 cm³/mol. The lowest BCUT2D eigenvalue weighted by Crippen LogP contribution is -2.47. The van der Waals surface area contributed by atoms with Crippen LogP contribution in [0, 0.1) is 5.82 Å². The third-order valence-corrected chi connectivity index (χ3v) is 6.00. The van der Waals surface area contributed by atoms with Gasteiger partial charge in [-0.1, -0.05) is 12.1 Å². The second-order valence-electron chi connectivity index (χ2n) is 6.57. The maximum absolute atomic E-state index is 12.9. The maximum atomic E-state index is 12.9. The Kier molecular flexibility index (Phi) is 5.88. The van der Waals surface area contributed by atoms with Gasteiger partial charge in [0.2, 0.25) is 10.0 Å². The summed E-state index contributed by atoms with van der Waals surface area (Å²) in [6.07, 6.45) is 0. The highest BCUT2D eigenvalue weighted by atomic mass is 32.2. The Morgan fingerprint density at radius 3 is 2.19 bits per heavy atom. The average molecular weight is 391 g/mol. The molecule has 0 atom stereocenters. The lowest BCUT2D eigenvalue weighted by molar-refractivity contribution is 0.0664. The van der Waals surface area contributed by atoms with Gasteiger partial charge in [0.25, 0.3) is 5.91 Å². The molecule has 0 unspecified atom stereocenters. The van der Waals surface area contributed by atoms with Crippen molar-refractivity contribution >= 4 is 15.9 Å². The molecular weight excluding hydrogens is 369 g/mol. The number of halogens is 1. The van der Waals surface area contributed by atoms with E-state index >= 15 is 0 Å². The van der Waals surface area contributed by atoms with Gasteiger partial charge in [0.05, 0.1) is 4.90 Å². The molecule has 2 aromatic rings. The fourth-order valence-corrected chi connectivity index (χ4v) is 3.85. The molecule has 0 spiro atoms. The number of amides is 1. The van der Waals surface area contributed by atoms with Gasteiger partial charge in [0, 0.05) is 38.3 Å². The van der Waals surface area contributed by atoms with E-state index in [1.807, 2.05) is 7.05 Å². The van der Waals surface area contributed by atoms with Crippen LogP contribution in [-0.4, -0.2) is 57.4 Å². The van der Waals surface area contributed by atoms with Crippen LogP contribution in [0.15, 0.2) is 53.4 Å². The number of hydrogen-bond acceptors (Lipinski definition) is 4. The third kappa shape index (κ3) is 4.91. The Hall–Kier alpha value is -2.29. The molecule has 1 fully saturated rings. The number of piperazine rings is 1. The highest BCUT2D eigenvalue weighted by Crippen LogP contribution is 2.14. The van der Waals surface area contributed by atoms with Crippen LogP contribution in [0.1, 0.15) is 15.9 Å². The second-order valence-corrected chi connectivity index (χ2v) is 8.34. The first-order valence-corrected chi connectivity index (χ1v) is 10.2. The number of rotatable bonds is 5. The number of nitrogens with one attached hydrogen (secondary N) is 1. The molecular formula is C19H22FN3O3S. The first kappa shape index (κ1) is 19.5. The van der Waals surface area contributed by atoms with Gasteiger partial charge in [-0.3, -0.25) is 4.79 Å². The molecule has 1 saturated heterocycles. The van der Waals surface area contributed by atoms with Crippen LogP contribution in [0.5, 0.6) is 0 Å². The van der Waals surface area contributed by atoms with Crippen molar-refractivity contribution in [1.29, 1.82) is 0 Å². The predicted octanol–water partition coefficient (Wildman–Crippen LogP) is 1.69. The maximum Gasteiger partial charge on any atom is 0.253 e. The Labute approximate surface area is 158 Å². The smallest absolute Gasteiger partial charge is 0.253 e. The monoisotopic (exact) mass is 391 g/mol. The first-order chi connectivity index (χ1) is 12.8. The fraction of sp³-hybridized carbons (Fsp3) is 0.316. The summed E-state index contributed by atoms with van der Waals surface area (Å²) in [5.41, 5.74) is 1.12. The van der Waals surface area contributed by atoms with Crippen LogP contribution in [0.4, 0.5) is 4.39 Å². The zero-order valence-corrected chi connectivity index (χ0v) is 15.9. The summed E-state index contributed by atoms with van der Waals surface area (Å²) >= 11 is 0. The zero-order chi connectivity index (χ0) is 19.4. The van der Waals surface area contributed by atoms with Crippen molar-refractivity contribution < 1.29 is 17.6 Å². The van der Waals surface area contributed by atoms with E-state index in [-0.39, 0.29) is 23.2 Å². The van der Waals surface area contributed by atoms with Crippen LogP contribution in [0.2, 0.25) is 0 Å². The summed E-state index contributed by atoms with van der Waals surface area (Å²) in [4.78, 5) is 16.5. The molecule has 1 aliphatic rings. The minimum absolute atomic E-state index is 0.0601. The van der Waals surface area contributed by atoms with Gasteiger partial charge in [-0.05, 0) is 49.0 Å². The standard InChI is InChI=1S/C19H22FN3O3S/c1-22-10-12-23(13-11-22)19(24)16-4-8-18(9-5-16)27(25,26)21-14-15-2-6-17(20)7-3-15/h2-9,21H,10-14H2,1H3. The second kappa shape index (κ2) is 8.16. The molecule has 3 rings (SSSR count). The normalized spacial score (nSPS) is 15.7. The highest BCUT2D eigenvalue weighted by molar-refractivity contribution is 7.89. The van der Waals surface area contributed by atoms with Gasteiger partial charge in [-0.2, -0.15) is 0 Å². The van der Waals surface area contributed by atoms with Crippen molar-refractivity contribution in [2.24, 2.45) is 0 Å². The summed E-state index contributed by atoms with van der Waals surface area (Å²) in [6, 6.07) is 11.5. The molecule has 0 bridgehead atoms. The van der Waals surface area contributed by atoms with E-state index in [0.29, 0.717) is 24.2 Å². The van der Waals surface area contributed by atoms with Crippen molar-refractivity contribution in [3.8, 4) is 0 Å². The van der Waals surface area contributed by atoms with E-state index in [1.54, 1.807) is 4.90 Å². The quantitative estimate of drug-likeness (QED) is 0.842. The first-order valence-electron chi connectivity index (χ1n) is 8.67. The molecule has 0 aliphatic carbocycles. The number of carbonyl (C=O) groups is 1. The summed E-state index contributed by atoms with van der Waals surface area (Å²) in [5.74, 6) is -0.464. The molecule has 1 amide bonds. The van der Waals surface area contributed by atoms with Gasteiger partial charge in [-0.15, -0.1) is 0 Å². The molecule has 0 aromatic heterocycles. The Balaban J connectivity index is 1.64. The fourth-order valence-electron chi connectivity index (χ4n) is 2.83. The Bertz CT molecular complexity index is 891. The van der Waals surface area contributed by atoms with Crippen molar-refractivity contribution in [1.82, 2.24) is 14.5 Å². The van der Waals surface area contributed by atoms with Crippen molar-refractivity contribution in [2.75, 3.05) is 33.2 Å². The molecule has 0 saturated carbocycles. The number of carbonyl (C=O) groups excluding carboxylic acids is 1. The van der Waals surface area contributed by atoms with Crippen molar-refractivity contribution in [3.05, 3.63) is 65.5 Å². The summed E-state index contributed by atoms with van der Waals surface area (Å²) in [5, 5.41) is 0. The summed E-state index contributed by atoms with van der Waals surface area (Å²) in [7, 11) is -1.70. The SMILES string of the molecule is CN1CCN(C(=O)c2ccc(S(=O)(=O)NCc3ccc(F)cc3)cc2)CC1. The highest BCUT2D eigenvalue weighted by Gasteiger charge is 2.21. The minimum atomic E-state index is -3.72. The van der Waals surface area contributed by atoms with Crippen LogP contribution in [-0.2, 0) is 16.6 Å². The van der Waals surface area contributed by atoms with E-state index in [2.05, 4.69) is 9.62 Å². The number of likely N-dealkylation sites (N-methyl/N-ethyl adjacent to an activating group) is 1. The minimum Gasteiger partial charge on any atom is -0.336 e. The third-order valence-electron chi connectivity index (χ3n) is 4.58. The van der Waals surface area contributed by atoms with Crippen LogP contribution in [0.25, 0.3) is 0 Å². The number of hydrogen-bond donors (Lipinski definition) is 1. The molecule has 27 heavy (non-hydrogen) atoms. The number of benzene rings is 2. The summed E-state index contributed by atoms with van der Waals surface area (Å²) < 4.78 is 40.2. The van der Waals surface area contributed by atoms with Gasteiger partial charge < -0.3 is 9.80 Å². The number of sulfonamides is 1. The van der Waals surface area contributed by atoms with Gasteiger partial charge in [0.1, 0.15) is 5.82 Å². The molecule has 1 heterocycles. The Morgan fingerprint density at radius 1 is 1.00 bits per heavy atom. The topological polar surface area (TPSA) is 69.7 Å². The average Bonchev–Trinajstić information content (AvgIpc) is 2.68. The number of nitrogens with zero attached hydrogens (tertiary/aromatic N) is 2. The van der Waals surface area contributed by atoms with Crippen LogP contribution < -0.4 is 4.72 Å². The Morgan fingerprint density at radius 2 is 1.59 bits per heavy atom. The van der Waals surface area contributed by atoms with Crippen LogP contribution in [0.3, 0.4) is 0 Å². The molecule has 6 nitrogen and oxygen atoms in total. The van der Waals surface area contributed by atoms with E-state index in [1.165, 1.54) is 48.5 Å². The molecule has 1 aliphatic heterocycles. The van der Waals surface area contributed by atoms with Gasteiger partial charge in [0.15, 0.2) is 0 Å². The lowest BCUT2D eigenvalue weighted by atomic mass is 10.2.